The molecule has 4 aromatic carbocycles. The van der Waals surface area contributed by atoms with Crippen molar-refractivity contribution in [1.82, 2.24) is 4.57 Å². The highest BCUT2D eigenvalue weighted by Gasteiger charge is 2.34. The van der Waals surface area contributed by atoms with Crippen molar-refractivity contribution in [3.8, 4) is 11.5 Å². The lowest BCUT2D eigenvalue weighted by atomic mass is 9.95. The molecule has 0 unspecified atom stereocenters. The maximum Gasteiger partial charge on any atom is 0.338 e. The van der Waals surface area contributed by atoms with Crippen molar-refractivity contribution >= 4 is 44.9 Å². The number of hydrogen-bond donors (Lipinski definition) is 0. The largest absolute Gasteiger partial charge is 0.490 e. The van der Waals surface area contributed by atoms with Crippen LogP contribution in [0.3, 0.4) is 0 Å². The van der Waals surface area contributed by atoms with E-state index in [0.29, 0.717) is 50.9 Å². The lowest BCUT2D eigenvalue weighted by Gasteiger charge is -2.25. The Morgan fingerprint density at radius 2 is 1.53 bits per heavy atom. The summed E-state index contributed by atoms with van der Waals surface area (Å²) in [6, 6.07) is 23.3. The van der Waals surface area contributed by atoms with Gasteiger partial charge in [0.1, 0.15) is 0 Å². The predicted octanol–water partition coefficient (Wildman–Crippen LogP) is 5.90. The summed E-state index contributed by atoms with van der Waals surface area (Å²) in [4.78, 5) is 33.0. The summed E-state index contributed by atoms with van der Waals surface area (Å²) in [5.41, 5.74) is 2.28. The van der Waals surface area contributed by atoms with Crippen LogP contribution < -0.4 is 24.4 Å². The van der Waals surface area contributed by atoms with E-state index >= 15 is 0 Å². The van der Waals surface area contributed by atoms with Crippen LogP contribution in [0.5, 0.6) is 11.5 Å². The number of hydrogen-bond acceptors (Lipinski definition) is 7. The average molecular weight is 593 g/mol. The fraction of sp³-hybridized carbons (Fsp3) is 0.229. The first-order valence-electron chi connectivity index (χ1n) is 14.4. The van der Waals surface area contributed by atoms with E-state index in [9.17, 15) is 9.59 Å². The third kappa shape index (κ3) is 5.12. The Morgan fingerprint density at radius 1 is 0.884 bits per heavy atom. The molecule has 1 atom stereocenters. The van der Waals surface area contributed by atoms with Crippen molar-refractivity contribution in [3.05, 3.63) is 115 Å². The summed E-state index contributed by atoms with van der Waals surface area (Å²) in [6.07, 6.45) is 1.96. The lowest BCUT2D eigenvalue weighted by molar-refractivity contribution is -0.139. The van der Waals surface area contributed by atoms with Crippen molar-refractivity contribution in [2.24, 2.45) is 4.99 Å². The van der Waals surface area contributed by atoms with Crippen LogP contribution in [-0.2, 0) is 9.53 Å². The summed E-state index contributed by atoms with van der Waals surface area (Å²) in [5.74, 6) is 0.640. The number of carbonyl (C=O) groups excluding carboxylic acids is 1. The Labute approximate surface area is 253 Å². The monoisotopic (exact) mass is 592 g/mol. The predicted molar refractivity (Wildman–Crippen MR) is 171 cm³/mol. The number of aromatic nitrogens is 1. The smallest absolute Gasteiger partial charge is 0.338 e. The van der Waals surface area contributed by atoms with Crippen molar-refractivity contribution < 1.29 is 19.0 Å². The minimum atomic E-state index is -0.753. The molecule has 1 aromatic heterocycles. The molecule has 0 saturated carbocycles. The van der Waals surface area contributed by atoms with Gasteiger partial charge in [0.05, 0.1) is 41.7 Å². The van der Waals surface area contributed by atoms with Crippen LogP contribution in [0.25, 0.3) is 27.6 Å². The maximum atomic E-state index is 14.3. The standard InChI is InChI=1S/C35H32N2O5S/c1-5-40-28-17-16-24(19-29(28)41-6-2)32-31(34(39)42-7-3)21(4)36-35-37(32)33(38)30(43-35)20-27-25-14-10-8-12-22(25)18-23-13-9-11-15-26(23)27/h8-20,32H,5-7H2,1-4H3/b30-20-/t32-/m1/s1. The Hall–Kier alpha value is -4.69. The minimum Gasteiger partial charge on any atom is -0.490 e. The van der Waals surface area contributed by atoms with E-state index in [1.165, 1.54) is 11.3 Å². The SMILES string of the molecule is CCOC(=O)C1=C(C)N=c2s/c(=C\c3c4ccccc4cc4ccccc34)c(=O)n2[C@@H]1c1ccc(OCC)c(OCC)c1. The molecule has 0 saturated heterocycles. The second-order valence-electron chi connectivity index (χ2n) is 10.1. The summed E-state index contributed by atoms with van der Waals surface area (Å²) in [6.45, 7) is 8.47. The Morgan fingerprint density at radius 3 is 2.19 bits per heavy atom. The zero-order chi connectivity index (χ0) is 30.1. The van der Waals surface area contributed by atoms with Gasteiger partial charge in [0.25, 0.3) is 5.56 Å². The van der Waals surface area contributed by atoms with Crippen LogP contribution >= 0.6 is 11.3 Å². The van der Waals surface area contributed by atoms with E-state index in [-0.39, 0.29) is 12.2 Å². The summed E-state index contributed by atoms with van der Waals surface area (Å²) in [7, 11) is 0. The maximum absolute atomic E-state index is 14.3. The van der Waals surface area contributed by atoms with E-state index in [1.54, 1.807) is 18.4 Å². The van der Waals surface area contributed by atoms with Gasteiger partial charge in [-0.1, -0.05) is 65.9 Å². The first-order chi connectivity index (χ1) is 20.9. The number of ether oxygens (including phenoxy) is 3. The number of allylic oxidation sites excluding steroid dienone is 1. The van der Waals surface area contributed by atoms with Gasteiger partial charge in [-0.2, -0.15) is 0 Å². The zero-order valence-corrected chi connectivity index (χ0v) is 25.4. The molecule has 2 heterocycles. The van der Waals surface area contributed by atoms with Gasteiger partial charge in [-0.25, -0.2) is 9.79 Å². The van der Waals surface area contributed by atoms with Gasteiger partial charge >= 0.3 is 5.97 Å². The number of rotatable bonds is 8. The molecule has 0 aliphatic carbocycles. The van der Waals surface area contributed by atoms with E-state index in [4.69, 9.17) is 19.2 Å². The van der Waals surface area contributed by atoms with Gasteiger partial charge in [-0.15, -0.1) is 0 Å². The molecule has 0 spiro atoms. The molecule has 5 aromatic rings. The molecule has 6 rings (SSSR count). The molecule has 7 nitrogen and oxygen atoms in total. The van der Waals surface area contributed by atoms with E-state index in [2.05, 4.69) is 30.3 Å². The molecular formula is C35H32N2O5S. The van der Waals surface area contributed by atoms with Gasteiger partial charge < -0.3 is 14.2 Å². The molecule has 0 bridgehead atoms. The second-order valence-corrected chi connectivity index (χ2v) is 11.1. The van der Waals surface area contributed by atoms with Crippen molar-refractivity contribution in [2.75, 3.05) is 19.8 Å². The lowest BCUT2D eigenvalue weighted by Crippen LogP contribution is -2.40. The summed E-state index contributed by atoms with van der Waals surface area (Å²) in [5, 5.41) is 4.30. The topological polar surface area (TPSA) is 79.1 Å². The molecule has 43 heavy (non-hydrogen) atoms. The number of fused-ring (bicyclic) bond motifs is 3. The Kier molecular flexibility index (Phi) is 7.86. The summed E-state index contributed by atoms with van der Waals surface area (Å²) >= 11 is 1.31. The van der Waals surface area contributed by atoms with Gasteiger partial charge in [0.2, 0.25) is 0 Å². The fourth-order valence-electron chi connectivity index (χ4n) is 5.68. The first-order valence-corrected chi connectivity index (χ1v) is 15.3. The third-order valence-electron chi connectivity index (χ3n) is 7.49. The Bertz CT molecular complexity index is 2040. The van der Waals surface area contributed by atoms with E-state index in [1.807, 2.05) is 62.4 Å². The van der Waals surface area contributed by atoms with Crippen LogP contribution in [0.15, 0.2) is 93.9 Å². The van der Waals surface area contributed by atoms with Gasteiger partial charge in [0, 0.05) is 0 Å². The van der Waals surface area contributed by atoms with Crippen molar-refractivity contribution in [2.45, 2.75) is 33.7 Å². The van der Waals surface area contributed by atoms with Crippen LogP contribution in [0, 0.1) is 0 Å². The second kappa shape index (κ2) is 11.9. The van der Waals surface area contributed by atoms with E-state index in [0.717, 1.165) is 27.1 Å². The molecule has 0 fully saturated rings. The highest BCUT2D eigenvalue weighted by molar-refractivity contribution is 7.07. The van der Waals surface area contributed by atoms with Gasteiger partial charge in [-0.3, -0.25) is 9.36 Å². The molecule has 0 N–H and O–H groups in total. The van der Waals surface area contributed by atoms with Crippen LogP contribution in [0.1, 0.15) is 44.9 Å². The Balaban J connectivity index is 1.62. The molecule has 218 valence electrons. The quantitative estimate of drug-likeness (QED) is 0.166. The first kappa shape index (κ1) is 28.4. The van der Waals surface area contributed by atoms with Crippen molar-refractivity contribution in [1.29, 1.82) is 0 Å². The number of thiazole rings is 1. The third-order valence-corrected chi connectivity index (χ3v) is 8.47. The number of carbonyl (C=O) groups is 1. The highest BCUT2D eigenvalue weighted by atomic mass is 32.1. The van der Waals surface area contributed by atoms with Gasteiger partial charge in [0.15, 0.2) is 16.3 Å². The minimum absolute atomic E-state index is 0.203. The molecule has 1 aliphatic rings. The van der Waals surface area contributed by atoms with Crippen LogP contribution in [-0.4, -0.2) is 30.4 Å². The molecule has 0 radical (unpaired) electrons. The molecule has 1 aliphatic heterocycles. The zero-order valence-electron chi connectivity index (χ0n) is 24.5. The normalized spacial score (nSPS) is 15.0. The van der Waals surface area contributed by atoms with Crippen LogP contribution in [0.4, 0.5) is 0 Å². The molecule has 0 amide bonds. The number of esters is 1. The van der Waals surface area contributed by atoms with E-state index < -0.39 is 12.0 Å². The molecule has 8 heteroatoms. The fourth-order valence-corrected chi connectivity index (χ4v) is 6.71. The van der Waals surface area contributed by atoms with Crippen molar-refractivity contribution in [3.63, 3.8) is 0 Å². The van der Waals surface area contributed by atoms with Gasteiger partial charge in [-0.05, 0) is 84.6 Å². The van der Waals surface area contributed by atoms with Crippen LogP contribution in [0.2, 0.25) is 0 Å². The number of nitrogens with zero attached hydrogens (tertiary/aromatic N) is 2. The molecular weight excluding hydrogens is 560 g/mol. The summed E-state index contributed by atoms with van der Waals surface area (Å²) < 4.78 is 19.3. The number of benzene rings is 4. The average Bonchev–Trinajstić information content (AvgIpc) is 3.31. The highest BCUT2D eigenvalue weighted by Crippen LogP contribution is 2.36.